The van der Waals surface area contributed by atoms with E-state index < -0.39 is 0 Å². The minimum absolute atomic E-state index is 0.226. The van der Waals surface area contributed by atoms with Crippen molar-refractivity contribution in [3.8, 4) is 5.69 Å². The third-order valence-electron chi connectivity index (χ3n) is 10.2. The molecule has 5 nitrogen and oxygen atoms in total. The largest absolute Gasteiger partial charge is 0.456 e. The first-order valence-electron chi connectivity index (χ1n) is 16.8. The van der Waals surface area contributed by atoms with Gasteiger partial charge in [0.15, 0.2) is 0 Å². The molecule has 0 spiro atoms. The second kappa shape index (κ2) is 11.3. The molecule has 1 aliphatic rings. The summed E-state index contributed by atoms with van der Waals surface area (Å²) in [4.78, 5) is 3.82. The van der Waals surface area contributed by atoms with E-state index in [4.69, 9.17) is 10.2 Å². The Bertz CT molecular complexity index is 2660. The highest BCUT2D eigenvalue weighted by atomic mass is 16.3. The molecule has 3 heterocycles. The van der Waals surface area contributed by atoms with Gasteiger partial charge in [0, 0.05) is 44.5 Å². The monoisotopic (exact) mass is 636 g/mol. The van der Waals surface area contributed by atoms with Crippen LogP contribution in [0.5, 0.6) is 0 Å². The Morgan fingerprint density at radius 1 is 0.796 bits per heavy atom. The van der Waals surface area contributed by atoms with Gasteiger partial charge in [0.05, 0.1) is 33.7 Å². The molecule has 5 heteroatoms. The molecule has 49 heavy (non-hydrogen) atoms. The van der Waals surface area contributed by atoms with E-state index in [-0.39, 0.29) is 12.1 Å². The first kappa shape index (κ1) is 29.1. The predicted octanol–water partition coefficient (Wildman–Crippen LogP) is 10.3. The fourth-order valence-corrected chi connectivity index (χ4v) is 7.77. The van der Waals surface area contributed by atoms with Crippen LogP contribution in [-0.4, -0.2) is 21.6 Å². The van der Waals surface area contributed by atoms with Crippen molar-refractivity contribution in [2.45, 2.75) is 24.9 Å². The van der Waals surface area contributed by atoms with Crippen molar-refractivity contribution in [3.63, 3.8) is 0 Å². The highest BCUT2D eigenvalue weighted by Crippen LogP contribution is 2.43. The van der Waals surface area contributed by atoms with Crippen LogP contribution in [0.15, 0.2) is 139 Å². The van der Waals surface area contributed by atoms with Gasteiger partial charge in [-0.15, -0.1) is 13.2 Å². The second-order valence-electron chi connectivity index (χ2n) is 12.9. The summed E-state index contributed by atoms with van der Waals surface area (Å²) < 4.78 is 8.67. The maximum absolute atomic E-state index is 6.39. The van der Waals surface area contributed by atoms with Gasteiger partial charge in [-0.25, -0.2) is 0 Å². The molecule has 2 atom stereocenters. The first-order valence-corrected chi connectivity index (χ1v) is 16.8. The highest BCUT2D eigenvalue weighted by molar-refractivity contribution is 6.24. The van der Waals surface area contributed by atoms with Crippen molar-refractivity contribution in [2.75, 3.05) is 0 Å². The van der Waals surface area contributed by atoms with E-state index in [1.54, 1.807) is 6.08 Å². The summed E-state index contributed by atoms with van der Waals surface area (Å²) in [5.74, 6) is 0. The number of nitrogens with two attached hydrogens (primary N) is 1. The second-order valence-corrected chi connectivity index (χ2v) is 12.9. The lowest BCUT2D eigenvalue weighted by Crippen LogP contribution is -2.41. The maximum atomic E-state index is 6.39. The highest BCUT2D eigenvalue weighted by Gasteiger charge is 2.24. The number of para-hydroxylation sites is 3. The standard InChI is InChI=1S/C44H36N4O/c1-4-36(45)37(5-2)46-26(3)34-23-28(24-35-32-21-22-41-42(44(32)47-43(34)35)33-16-10-12-18-40(33)49-41)27-19-20-31-30-15-9-11-17-38(30)48(39(31)25-27)29-13-7-6-8-14-29/h4-18,21-25,36-37,46-47H,1-3,19-20,45H2. The van der Waals surface area contributed by atoms with E-state index in [1.807, 2.05) is 18.2 Å². The lowest BCUT2D eigenvalue weighted by molar-refractivity contribution is 0.637. The van der Waals surface area contributed by atoms with Gasteiger partial charge in [-0.2, -0.15) is 0 Å². The molecule has 8 aromatic rings. The van der Waals surface area contributed by atoms with Gasteiger partial charge in [0.25, 0.3) is 0 Å². The molecule has 4 N–H and O–H groups in total. The topological polar surface area (TPSA) is 71.9 Å². The number of furan rings is 1. The average Bonchev–Trinajstić information content (AvgIpc) is 3.82. The Morgan fingerprint density at radius 2 is 1.57 bits per heavy atom. The molecule has 0 saturated carbocycles. The number of nitrogens with zero attached hydrogens (tertiary/aromatic N) is 1. The summed E-state index contributed by atoms with van der Waals surface area (Å²) in [7, 11) is 0. The van der Waals surface area contributed by atoms with E-state index in [2.05, 4.69) is 132 Å². The Labute approximate surface area is 284 Å². The molecule has 0 saturated heterocycles. The molecule has 0 radical (unpaired) electrons. The van der Waals surface area contributed by atoms with Crippen LogP contribution >= 0.6 is 0 Å². The fourth-order valence-electron chi connectivity index (χ4n) is 7.77. The van der Waals surface area contributed by atoms with Gasteiger partial charge in [-0.1, -0.05) is 73.3 Å². The summed E-state index contributed by atoms with van der Waals surface area (Å²) in [6, 6.07) is 35.9. The van der Waals surface area contributed by atoms with Crippen LogP contribution in [0, 0.1) is 0 Å². The van der Waals surface area contributed by atoms with Crippen LogP contribution in [0.1, 0.15) is 28.8 Å². The van der Waals surface area contributed by atoms with Gasteiger partial charge in [-0.05, 0) is 84.1 Å². The summed E-state index contributed by atoms with van der Waals surface area (Å²) in [6.07, 6.45) is 7.83. The smallest absolute Gasteiger partial charge is 0.137 e. The van der Waals surface area contributed by atoms with E-state index in [9.17, 15) is 0 Å². The number of fused-ring (bicyclic) bond motifs is 10. The van der Waals surface area contributed by atoms with Crippen molar-refractivity contribution in [3.05, 3.63) is 157 Å². The predicted molar refractivity (Wildman–Crippen MR) is 207 cm³/mol. The molecule has 5 aromatic carbocycles. The van der Waals surface area contributed by atoms with Gasteiger partial charge < -0.3 is 25.0 Å². The van der Waals surface area contributed by atoms with Crippen LogP contribution in [0.25, 0.3) is 77.7 Å². The molecule has 0 fully saturated rings. The zero-order valence-corrected chi connectivity index (χ0v) is 27.2. The molecular formula is C44H36N4O. The Balaban J connectivity index is 1.29. The molecule has 3 aromatic heterocycles. The number of allylic oxidation sites excluding steroid dienone is 1. The Hall–Kier alpha value is -6.04. The van der Waals surface area contributed by atoms with Crippen LogP contribution in [0.2, 0.25) is 0 Å². The fraction of sp³-hybridized carbons (Fsp3) is 0.0909. The molecule has 0 bridgehead atoms. The molecule has 2 unspecified atom stereocenters. The van der Waals surface area contributed by atoms with Crippen LogP contribution in [0.3, 0.4) is 0 Å². The zero-order valence-electron chi connectivity index (χ0n) is 27.2. The van der Waals surface area contributed by atoms with Gasteiger partial charge in [0.1, 0.15) is 11.2 Å². The number of aromatic amines is 1. The van der Waals surface area contributed by atoms with Crippen LogP contribution < -0.4 is 11.1 Å². The summed E-state index contributed by atoms with van der Waals surface area (Å²) in [5, 5.41) is 9.32. The van der Waals surface area contributed by atoms with Crippen molar-refractivity contribution >= 4 is 72.0 Å². The Morgan fingerprint density at radius 3 is 2.39 bits per heavy atom. The van der Waals surface area contributed by atoms with E-state index in [1.165, 1.54) is 33.3 Å². The van der Waals surface area contributed by atoms with Crippen molar-refractivity contribution < 1.29 is 4.42 Å². The summed E-state index contributed by atoms with van der Waals surface area (Å²) >= 11 is 0. The molecule has 1 aliphatic carbocycles. The number of nitrogens with one attached hydrogen (secondary N) is 2. The van der Waals surface area contributed by atoms with Gasteiger partial charge >= 0.3 is 0 Å². The van der Waals surface area contributed by atoms with E-state index >= 15 is 0 Å². The quantitative estimate of drug-likeness (QED) is 0.145. The van der Waals surface area contributed by atoms with Crippen LogP contribution in [0.4, 0.5) is 0 Å². The Kier molecular flexibility index (Phi) is 6.71. The number of H-pyrrole nitrogens is 1. The third kappa shape index (κ3) is 4.50. The molecule has 238 valence electrons. The molecule has 0 aliphatic heterocycles. The normalized spacial score (nSPS) is 14.3. The van der Waals surface area contributed by atoms with Crippen molar-refractivity contribution in [1.82, 2.24) is 14.9 Å². The summed E-state index contributed by atoms with van der Waals surface area (Å²) in [5.41, 5.74) is 19.4. The number of aryl methyl sites for hydroxylation is 1. The third-order valence-corrected chi connectivity index (χ3v) is 10.2. The van der Waals surface area contributed by atoms with E-state index in [0.29, 0.717) is 0 Å². The SMILES string of the molecule is C=CC(N)C(C=C)NC(=C)c1cc(C2=Cc3c(c4ccccc4n3-c3ccccc3)CC2)cc2c1[nH]c1c2ccc2oc3ccccc3c21. The number of benzene rings is 5. The van der Waals surface area contributed by atoms with Crippen molar-refractivity contribution in [1.29, 1.82) is 0 Å². The van der Waals surface area contributed by atoms with Gasteiger partial charge in [0.2, 0.25) is 0 Å². The summed E-state index contributed by atoms with van der Waals surface area (Å²) in [6.45, 7) is 12.5. The molecule has 0 amide bonds. The minimum Gasteiger partial charge on any atom is -0.456 e. The number of hydrogen-bond acceptors (Lipinski definition) is 3. The minimum atomic E-state index is -0.313. The van der Waals surface area contributed by atoms with Crippen LogP contribution in [-0.2, 0) is 6.42 Å². The molecular weight excluding hydrogens is 601 g/mol. The lowest BCUT2D eigenvalue weighted by Gasteiger charge is -2.23. The zero-order chi connectivity index (χ0) is 33.2. The van der Waals surface area contributed by atoms with E-state index in [0.717, 1.165) is 73.5 Å². The number of aromatic nitrogens is 2. The maximum Gasteiger partial charge on any atom is 0.137 e. The van der Waals surface area contributed by atoms with Gasteiger partial charge in [-0.3, -0.25) is 0 Å². The first-order chi connectivity index (χ1) is 24.0. The average molecular weight is 637 g/mol. The number of hydrogen-bond donors (Lipinski definition) is 3. The molecule has 9 rings (SSSR count). The van der Waals surface area contributed by atoms with Crippen molar-refractivity contribution in [2.24, 2.45) is 5.73 Å². The lowest BCUT2D eigenvalue weighted by atomic mass is 9.89. The number of rotatable bonds is 8.